The molecule has 1 aromatic heterocycles. The molecule has 0 spiro atoms. The van der Waals surface area contributed by atoms with Crippen LogP contribution in [-0.2, 0) is 18.1 Å². The predicted molar refractivity (Wildman–Crippen MR) is 113 cm³/mol. The van der Waals surface area contributed by atoms with Crippen molar-refractivity contribution in [1.29, 1.82) is 0 Å². The zero-order valence-corrected chi connectivity index (χ0v) is 17.7. The minimum absolute atomic E-state index is 0.0311. The molecule has 3 aromatic rings. The first-order valence-electron chi connectivity index (χ1n) is 9.27. The van der Waals surface area contributed by atoms with Crippen molar-refractivity contribution in [1.82, 2.24) is 9.78 Å². The van der Waals surface area contributed by atoms with Crippen molar-refractivity contribution >= 4 is 24.7 Å². The summed E-state index contributed by atoms with van der Waals surface area (Å²) in [6, 6.07) is 22.3. The Kier molecular flexibility index (Phi) is 5.53. The zero-order chi connectivity index (χ0) is 20.4. The van der Waals surface area contributed by atoms with Gasteiger partial charge in [0.25, 0.3) is 8.32 Å². The van der Waals surface area contributed by atoms with E-state index in [1.54, 1.807) is 17.8 Å². The van der Waals surface area contributed by atoms with E-state index in [4.69, 9.17) is 4.43 Å². The van der Waals surface area contributed by atoms with Crippen LogP contribution in [0, 0.1) is 0 Å². The number of carbonyl (C=O) groups is 1. The van der Waals surface area contributed by atoms with E-state index in [1.807, 2.05) is 36.4 Å². The first-order chi connectivity index (χ1) is 13.3. The normalized spacial score (nSPS) is 12.1. The Balaban J connectivity index is 2.10. The summed E-state index contributed by atoms with van der Waals surface area (Å²) in [4.78, 5) is 11.3. The van der Waals surface area contributed by atoms with Crippen LogP contribution in [0.25, 0.3) is 0 Å². The number of carboxylic acid groups (broad SMARTS) is 1. The summed E-state index contributed by atoms with van der Waals surface area (Å²) in [6.07, 6.45) is 0. The summed E-state index contributed by atoms with van der Waals surface area (Å²) < 4.78 is 8.40. The maximum atomic E-state index is 11.3. The van der Waals surface area contributed by atoms with E-state index in [2.05, 4.69) is 50.1 Å². The Hall–Kier alpha value is -2.70. The molecule has 2 aromatic carbocycles. The number of hydrogen-bond donors (Lipinski definition) is 1. The molecule has 0 unspecified atom stereocenters. The van der Waals surface area contributed by atoms with Crippen LogP contribution in [-0.4, -0.2) is 29.2 Å². The molecule has 146 valence electrons. The molecule has 0 atom stereocenters. The van der Waals surface area contributed by atoms with Gasteiger partial charge in [0.15, 0.2) is 5.69 Å². The number of benzene rings is 2. The van der Waals surface area contributed by atoms with Gasteiger partial charge < -0.3 is 9.53 Å². The fourth-order valence-corrected chi connectivity index (χ4v) is 8.21. The highest BCUT2D eigenvalue weighted by molar-refractivity contribution is 6.99. The first kappa shape index (κ1) is 20.0. The Morgan fingerprint density at radius 3 is 1.93 bits per heavy atom. The maximum Gasteiger partial charge on any atom is 0.356 e. The van der Waals surface area contributed by atoms with Crippen molar-refractivity contribution in [3.05, 3.63) is 78.1 Å². The van der Waals surface area contributed by atoms with Crippen molar-refractivity contribution in [3.8, 4) is 0 Å². The average Bonchev–Trinajstić information content (AvgIpc) is 3.04. The molecule has 0 aliphatic heterocycles. The lowest BCUT2D eigenvalue weighted by atomic mass is 10.2. The lowest BCUT2D eigenvalue weighted by Crippen LogP contribution is -2.66. The fraction of sp³-hybridized carbons (Fsp3) is 0.273. The number of hydrogen-bond acceptors (Lipinski definition) is 3. The molecule has 0 saturated carbocycles. The molecule has 1 N–H and O–H groups in total. The molecular weight excluding hydrogens is 368 g/mol. The van der Waals surface area contributed by atoms with Crippen LogP contribution >= 0.6 is 0 Å². The summed E-state index contributed by atoms with van der Waals surface area (Å²) in [5.41, 5.74) is 0.772. The highest BCUT2D eigenvalue weighted by Gasteiger charge is 2.50. The van der Waals surface area contributed by atoms with E-state index in [-0.39, 0.29) is 10.7 Å². The first-order valence-corrected chi connectivity index (χ1v) is 11.2. The van der Waals surface area contributed by atoms with Gasteiger partial charge in [-0.25, -0.2) is 4.79 Å². The second kappa shape index (κ2) is 7.73. The Bertz CT molecular complexity index is 907. The number of aromatic carboxylic acids is 1. The Morgan fingerprint density at radius 1 is 1.04 bits per heavy atom. The van der Waals surface area contributed by atoms with Crippen LogP contribution in [0.15, 0.2) is 66.7 Å². The highest BCUT2D eigenvalue weighted by Crippen LogP contribution is 2.37. The molecule has 0 radical (unpaired) electrons. The number of nitrogens with zero attached hydrogens (tertiary/aromatic N) is 2. The van der Waals surface area contributed by atoms with Crippen LogP contribution in [0.3, 0.4) is 0 Å². The van der Waals surface area contributed by atoms with E-state index < -0.39 is 14.3 Å². The largest absolute Gasteiger partial charge is 0.476 e. The van der Waals surface area contributed by atoms with Crippen LogP contribution in [0.2, 0.25) is 5.04 Å². The summed E-state index contributed by atoms with van der Waals surface area (Å²) in [5, 5.41) is 15.5. The van der Waals surface area contributed by atoms with Gasteiger partial charge in [0, 0.05) is 7.05 Å². The molecule has 6 heteroatoms. The van der Waals surface area contributed by atoms with Crippen molar-refractivity contribution in [2.24, 2.45) is 7.05 Å². The van der Waals surface area contributed by atoms with Gasteiger partial charge in [-0.2, -0.15) is 5.10 Å². The number of aromatic nitrogens is 2. The van der Waals surface area contributed by atoms with Crippen LogP contribution in [0.4, 0.5) is 0 Å². The van der Waals surface area contributed by atoms with Crippen LogP contribution in [0.1, 0.15) is 37.0 Å². The molecule has 0 amide bonds. The summed E-state index contributed by atoms with van der Waals surface area (Å²) >= 11 is 0. The van der Waals surface area contributed by atoms with E-state index in [0.717, 1.165) is 5.69 Å². The van der Waals surface area contributed by atoms with Gasteiger partial charge in [-0.15, -0.1) is 0 Å². The van der Waals surface area contributed by atoms with Crippen molar-refractivity contribution in [2.45, 2.75) is 32.4 Å². The minimum Gasteiger partial charge on any atom is -0.476 e. The maximum absolute atomic E-state index is 11.3. The predicted octanol–water partition coefficient (Wildman–Crippen LogP) is 3.19. The van der Waals surface area contributed by atoms with E-state index in [1.165, 1.54) is 10.4 Å². The van der Waals surface area contributed by atoms with Gasteiger partial charge in [0.1, 0.15) is 0 Å². The SMILES string of the molecule is Cn1nc(C(=O)O)cc1CO[Si](c1ccccc1)(c1ccccc1)C(C)(C)C. The third kappa shape index (κ3) is 3.65. The topological polar surface area (TPSA) is 64.4 Å². The summed E-state index contributed by atoms with van der Waals surface area (Å²) in [5.74, 6) is -1.03. The smallest absolute Gasteiger partial charge is 0.356 e. The molecule has 0 bridgehead atoms. The quantitative estimate of drug-likeness (QED) is 0.652. The Morgan fingerprint density at radius 2 is 1.54 bits per heavy atom. The number of aryl methyl sites for hydroxylation is 1. The minimum atomic E-state index is -2.66. The van der Waals surface area contributed by atoms with Crippen LogP contribution < -0.4 is 10.4 Å². The van der Waals surface area contributed by atoms with Gasteiger partial charge >= 0.3 is 5.97 Å². The number of rotatable bonds is 6. The van der Waals surface area contributed by atoms with Crippen molar-refractivity contribution in [2.75, 3.05) is 0 Å². The lowest BCUT2D eigenvalue weighted by molar-refractivity contribution is 0.0689. The molecule has 0 saturated heterocycles. The monoisotopic (exact) mass is 394 g/mol. The Labute approximate surface area is 166 Å². The highest BCUT2D eigenvalue weighted by atomic mass is 28.4. The molecule has 3 rings (SSSR count). The fourth-order valence-electron chi connectivity index (χ4n) is 3.69. The van der Waals surface area contributed by atoms with Gasteiger partial charge in [0.05, 0.1) is 12.3 Å². The second-order valence-corrected chi connectivity index (χ2v) is 12.2. The molecule has 0 aliphatic carbocycles. The van der Waals surface area contributed by atoms with E-state index in [9.17, 15) is 9.90 Å². The summed E-state index contributed by atoms with van der Waals surface area (Å²) in [7, 11) is -0.915. The standard InChI is InChI=1S/C22H26N2O3Si/c1-22(2,3)28(18-11-7-5-8-12-18,19-13-9-6-10-14-19)27-16-17-15-20(21(25)26)23-24(17)4/h5-15H,16H2,1-4H3,(H,25,26). The van der Waals surface area contributed by atoms with Gasteiger partial charge in [0.2, 0.25) is 0 Å². The second-order valence-electron chi connectivity index (χ2n) is 7.90. The number of carboxylic acids is 1. The molecule has 28 heavy (non-hydrogen) atoms. The third-order valence-corrected chi connectivity index (χ3v) is 10.0. The molecular formula is C22H26N2O3Si. The van der Waals surface area contributed by atoms with Gasteiger partial charge in [-0.05, 0) is 21.5 Å². The molecule has 0 fully saturated rings. The van der Waals surface area contributed by atoms with E-state index in [0.29, 0.717) is 6.61 Å². The lowest BCUT2D eigenvalue weighted by Gasteiger charge is -2.43. The molecule has 5 nitrogen and oxygen atoms in total. The van der Waals surface area contributed by atoms with Gasteiger partial charge in [-0.1, -0.05) is 81.4 Å². The van der Waals surface area contributed by atoms with Crippen molar-refractivity contribution in [3.63, 3.8) is 0 Å². The molecule has 0 aliphatic rings. The van der Waals surface area contributed by atoms with Gasteiger partial charge in [-0.3, -0.25) is 4.68 Å². The third-order valence-electron chi connectivity index (χ3n) is 5.05. The summed E-state index contributed by atoms with van der Waals surface area (Å²) in [6.45, 7) is 6.94. The average molecular weight is 395 g/mol. The van der Waals surface area contributed by atoms with E-state index >= 15 is 0 Å². The zero-order valence-electron chi connectivity index (χ0n) is 16.7. The van der Waals surface area contributed by atoms with Crippen LogP contribution in [0.5, 0.6) is 0 Å². The molecule has 1 heterocycles. The van der Waals surface area contributed by atoms with Crippen molar-refractivity contribution < 1.29 is 14.3 Å².